The summed E-state index contributed by atoms with van der Waals surface area (Å²) in [5.41, 5.74) is 2.73. The predicted molar refractivity (Wildman–Crippen MR) is 110 cm³/mol. The van der Waals surface area contributed by atoms with Crippen molar-refractivity contribution >= 4 is 22.7 Å². The maximum atomic E-state index is 15.1. The number of hydrogen-bond acceptors (Lipinski definition) is 5. The van der Waals surface area contributed by atoms with E-state index in [1.807, 2.05) is 31.2 Å². The van der Waals surface area contributed by atoms with Crippen molar-refractivity contribution in [3.8, 4) is 17.1 Å². The molecule has 8 heteroatoms. The van der Waals surface area contributed by atoms with E-state index in [-0.39, 0.29) is 17.3 Å². The number of anilines is 1. The second-order valence-corrected chi connectivity index (χ2v) is 7.43. The van der Waals surface area contributed by atoms with E-state index in [0.29, 0.717) is 28.3 Å². The SMILES string of the molecule is Cc1ccccc1-c1cc2c(NC3CC3)nc(-n3cc(C(=O)O)cn3)nc2cc1F. The maximum Gasteiger partial charge on any atom is 0.338 e. The first-order valence-corrected chi connectivity index (χ1v) is 9.62. The van der Waals surface area contributed by atoms with Crippen molar-refractivity contribution in [3.05, 3.63) is 65.7 Å². The fourth-order valence-electron chi connectivity index (χ4n) is 3.40. The zero-order valence-corrected chi connectivity index (χ0v) is 16.1. The van der Waals surface area contributed by atoms with E-state index in [4.69, 9.17) is 5.11 Å². The molecule has 0 unspecified atom stereocenters. The van der Waals surface area contributed by atoms with Gasteiger partial charge in [0.2, 0.25) is 0 Å². The third-order valence-electron chi connectivity index (χ3n) is 5.16. The smallest absolute Gasteiger partial charge is 0.338 e. The van der Waals surface area contributed by atoms with Gasteiger partial charge in [0.1, 0.15) is 11.6 Å². The molecule has 1 fully saturated rings. The van der Waals surface area contributed by atoms with Crippen LogP contribution in [0.4, 0.5) is 10.2 Å². The Balaban J connectivity index is 1.69. The summed E-state index contributed by atoms with van der Waals surface area (Å²) in [7, 11) is 0. The van der Waals surface area contributed by atoms with Gasteiger partial charge < -0.3 is 10.4 Å². The molecule has 0 atom stereocenters. The van der Waals surface area contributed by atoms with Crippen LogP contribution < -0.4 is 5.32 Å². The van der Waals surface area contributed by atoms with E-state index in [2.05, 4.69) is 20.4 Å². The van der Waals surface area contributed by atoms with Crippen molar-refractivity contribution in [2.24, 2.45) is 0 Å². The van der Waals surface area contributed by atoms with Crippen LogP contribution in [0, 0.1) is 12.7 Å². The third kappa shape index (κ3) is 3.26. The van der Waals surface area contributed by atoms with Crippen LogP contribution in [0.2, 0.25) is 0 Å². The van der Waals surface area contributed by atoms with Crippen molar-refractivity contribution in [1.29, 1.82) is 0 Å². The van der Waals surface area contributed by atoms with E-state index < -0.39 is 5.97 Å². The molecular weight excluding hydrogens is 385 g/mol. The predicted octanol–water partition coefficient (Wildman–Crippen LogP) is 4.20. The van der Waals surface area contributed by atoms with Gasteiger partial charge in [0, 0.05) is 29.3 Å². The Bertz CT molecular complexity index is 1300. The molecule has 2 aromatic carbocycles. The minimum atomic E-state index is -1.09. The molecule has 0 radical (unpaired) electrons. The van der Waals surface area contributed by atoms with E-state index in [9.17, 15) is 4.79 Å². The third-order valence-corrected chi connectivity index (χ3v) is 5.16. The van der Waals surface area contributed by atoms with Crippen LogP contribution in [-0.2, 0) is 0 Å². The molecule has 7 nitrogen and oxygen atoms in total. The monoisotopic (exact) mass is 403 g/mol. The second-order valence-electron chi connectivity index (χ2n) is 7.43. The van der Waals surface area contributed by atoms with Crippen LogP contribution in [-0.4, -0.2) is 36.9 Å². The molecule has 150 valence electrons. The fraction of sp³-hybridized carbons (Fsp3) is 0.182. The molecule has 1 saturated carbocycles. The lowest BCUT2D eigenvalue weighted by atomic mass is 9.98. The van der Waals surface area contributed by atoms with Gasteiger partial charge in [-0.3, -0.25) is 0 Å². The summed E-state index contributed by atoms with van der Waals surface area (Å²) >= 11 is 0. The first kappa shape index (κ1) is 18.2. The van der Waals surface area contributed by atoms with Crippen molar-refractivity contribution in [2.45, 2.75) is 25.8 Å². The number of aromatic nitrogens is 4. The number of nitrogens with one attached hydrogen (secondary N) is 1. The van der Waals surface area contributed by atoms with E-state index in [0.717, 1.165) is 24.0 Å². The van der Waals surface area contributed by atoms with Gasteiger partial charge in [0.15, 0.2) is 0 Å². The van der Waals surface area contributed by atoms with Gasteiger partial charge in [0.25, 0.3) is 5.95 Å². The summed E-state index contributed by atoms with van der Waals surface area (Å²) in [6.45, 7) is 1.94. The maximum absolute atomic E-state index is 15.1. The van der Waals surface area contributed by atoms with Crippen LogP contribution in [0.5, 0.6) is 0 Å². The number of carboxylic acids is 1. The Morgan fingerprint density at radius 3 is 2.70 bits per heavy atom. The summed E-state index contributed by atoms with van der Waals surface area (Å²) in [5, 5.41) is 17.3. The molecule has 5 rings (SSSR count). The molecule has 4 aromatic rings. The molecule has 1 aliphatic carbocycles. The lowest BCUT2D eigenvalue weighted by Crippen LogP contribution is -2.09. The lowest BCUT2D eigenvalue weighted by molar-refractivity contribution is 0.0697. The minimum absolute atomic E-state index is 0.0245. The minimum Gasteiger partial charge on any atom is -0.478 e. The highest BCUT2D eigenvalue weighted by atomic mass is 19.1. The zero-order chi connectivity index (χ0) is 20.8. The number of nitrogens with zero attached hydrogens (tertiary/aromatic N) is 4. The van der Waals surface area contributed by atoms with E-state index in [1.54, 1.807) is 6.07 Å². The van der Waals surface area contributed by atoms with Crippen molar-refractivity contribution in [1.82, 2.24) is 19.7 Å². The molecule has 2 heterocycles. The molecule has 0 amide bonds. The topological polar surface area (TPSA) is 92.9 Å². The average Bonchev–Trinajstić information content (AvgIpc) is 3.39. The summed E-state index contributed by atoms with van der Waals surface area (Å²) in [4.78, 5) is 20.2. The number of hydrogen-bond donors (Lipinski definition) is 2. The summed E-state index contributed by atoms with van der Waals surface area (Å²) < 4.78 is 16.3. The first-order chi connectivity index (χ1) is 14.5. The largest absolute Gasteiger partial charge is 0.478 e. The van der Waals surface area contributed by atoms with Crippen LogP contribution >= 0.6 is 0 Å². The highest BCUT2D eigenvalue weighted by molar-refractivity contribution is 5.94. The van der Waals surface area contributed by atoms with Gasteiger partial charge in [-0.1, -0.05) is 24.3 Å². The zero-order valence-electron chi connectivity index (χ0n) is 16.1. The fourth-order valence-corrected chi connectivity index (χ4v) is 3.40. The molecule has 0 spiro atoms. The number of fused-ring (bicyclic) bond motifs is 1. The highest BCUT2D eigenvalue weighted by Gasteiger charge is 2.24. The molecule has 0 bridgehead atoms. The van der Waals surface area contributed by atoms with Crippen molar-refractivity contribution in [3.63, 3.8) is 0 Å². The van der Waals surface area contributed by atoms with Gasteiger partial charge in [-0.05, 0) is 37.0 Å². The quantitative estimate of drug-likeness (QED) is 0.519. The van der Waals surface area contributed by atoms with Gasteiger partial charge in [-0.2, -0.15) is 10.1 Å². The Hall–Kier alpha value is -3.81. The summed E-state index contributed by atoms with van der Waals surface area (Å²) in [5.74, 6) is -0.710. The number of benzene rings is 2. The van der Waals surface area contributed by atoms with Crippen molar-refractivity contribution in [2.75, 3.05) is 5.32 Å². The van der Waals surface area contributed by atoms with Gasteiger partial charge >= 0.3 is 5.97 Å². The first-order valence-electron chi connectivity index (χ1n) is 9.62. The number of carbonyl (C=O) groups is 1. The number of rotatable bonds is 5. The molecule has 30 heavy (non-hydrogen) atoms. The molecule has 0 aliphatic heterocycles. The molecule has 2 N–H and O–H groups in total. The van der Waals surface area contributed by atoms with Crippen molar-refractivity contribution < 1.29 is 14.3 Å². The van der Waals surface area contributed by atoms with E-state index >= 15 is 4.39 Å². The second kappa shape index (κ2) is 6.91. The Kier molecular flexibility index (Phi) is 4.20. The summed E-state index contributed by atoms with van der Waals surface area (Å²) in [6.07, 6.45) is 4.64. The number of carboxylic acid groups (broad SMARTS) is 1. The highest BCUT2D eigenvalue weighted by Crippen LogP contribution is 2.34. The Labute approximate surface area is 171 Å². The van der Waals surface area contributed by atoms with Gasteiger partial charge in [-0.25, -0.2) is 18.9 Å². The van der Waals surface area contributed by atoms with E-state index in [1.165, 1.54) is 23.1 Å². The number of halogens is 1. The van der Waals surface area contributed by atoms with Crippen LogP contribution in [0.1, 0.15) is 28.8 Å². The van der Waals surface area contributed by atoms with Gasteiger partial charge in [0.05, 0.1) is 17.3 Å². The standard InChI is InChI=1S/C22H18FN5O2/c1-12-4-2-3-5-15(12)16-8-17-19(9-18(16)23)26-22(27-20(17)25-14-6-7-14)28-11-13(10-24-28)21(29)30/h2-5,8-11,14H,6-7H2,1H3,(H,29,30)(H,25,26,27). The lowest BCUT2D eigenvalue weighted by Gasteiger charge is -2.13. The molecule has 2 aromatic heterocycles. The molecular formula is C22H18FN5O2. The molecule has 0 saturated heterocycles. The number of aryl methyl sites for hydroxylation is 1. The van der Waals surface area contributed by atoms with Crippen LogP contribution in [0.15, 0.2) is 48.8 Å². The number of aromatic carboxylic acids is 1. The average molecular weight is 403 g/mol. The Morgan fingerprint density at radius 2 is 2.00 bits per heavy atom. The normalized spacial score (nSPS) is 13.5. The van der Waals surface area contributed by atoms with Gasteiger partial charge in [-0.15, -0.1) is 0 Å². The van der Waals surface area contributed by atoms with Crippen LogP contribution in [0.25, 0.3) is 28.0 Å². The van der Waals surface area contributed by atoms with Crippen LogP contribution in [0.3, 0.4) is 0 Å². The summed E-state index contributed by atoms with van der Waals surface area (Å²) in [6, 6.07) is 11.1. The Morgan fingerprint density at radius 1 is 1.20 bits per heavy atom. The molecule has 1 aliphatic rings.